The van der Waals surface area contributed by atoms with Gasteiger partial charge in [-0.05, 0) is 31.5 Å². The van der Waals surface area contributed by atoms with Crippen LogP contribution in [-0.2, 0) is 15.6 Å². The third kappa shape index (κ3) is 3.81. The summed E-state index contributed by atoms with van der Waals surface area (Å²) in [4.78, 5) is 12.2. The highest BCUT2D eigenvalue weighted by atomic mass is 79.9. The average Bonchev–Trinajstić information content (AvgIpc) is 2.34. The number of hydrogen-bond acceptors (Lipinski definition) is 3. The molecule has 100 valence electrons. The van der Waals surface area contributed by atoms with Crippen LogP contribution in [0, 0.1) is 0 Å². The number of nitrogens with one attached hydrogen (secondary N) is 1. The number of anilines is 1. The van der Waals surface area contributed by atoms with Crippen molar-refractivity contribution in [3.05, 3.63) is 22.7 Å². The van der Waals surface area contributed by atoms with Crippen molar-refractivity contribution in [2.24, 2.45) is 0 Å². The van der Waals surface area contributed by atoms with Gasteiger partial charge in [-0.3, -0.25) is 9.00 Å². The lowest BCUT2D eigenvalue weighted by Gasteiger charge is -2.13. The summed E-state index contributed by atoms with van der Waals surface area (Å²) >= 11 is 3.29. The fraction of sp³-hybridized carbons (Fsp3) is 0.417. The van der Waals surface area contributed by atoms with Crippen molar-refractivity contribution in [3.63, 3.8) is 0 Å². The van der Waals surface area contributed by atoms with Gasteiger partial charge in [-0.15, -0.1) is 0 Å². The predicted molar refractivity (Wildman–Crippen MR) is 77.7 cm³/mol. The molecule has 0 aromatic heterocycles. The predicted octanol–water partition coefficient (Wildman–Crippen LogP) is 2.05. The fourth-order valence-corrected chi connectivity index (χ4v) is 2.91. The topological polar surface area (TPSA) is 72.2 Å². The molecule has 0 aliphatic rings. The molecular formula is C12H17BrN2O2S. The summed E-state index contributed by atoms with van der Waals surface area (Å²) in [5, 5.41) is 2.12. The summed E-state index contributed by atoms with van der Waals surface area (Å²) in [6, 6.07) is 5.13. The van der Waals surface area contributed by atoms with Gasteiger partial charge in [0.1, 0.15) is 5.25 Å². The number of carbonyl (C=O) groups is 1. The molecule has 0 spiro atoms. The van der Waals surface area contributed by atoms with Crippen molar-refractivity contribution in [1.82, 2.24) is 5.32 Å². The number of nitrogens with two attached hydrogens (primary N) is 1. The molecule has 1 rings (SSSR count). The van der Waals surface area contributed by atoms with E-state index in [9.17, 15) is 9.00 Å². The minimum absolute atomic E-state index is 0.211. The number of nitrogen functional groups attached to an aromatic ring is 1. The van der Waals surface area contributed by atoms with E-state index in [4.69, 9.17) is 5.73 Å². The summed E-state index contributed by atoms with van der Waals surface area (Å²) in [7, 11) is -1.44. The highest BCUT2D eigenvalue weighted by Crippen LogP contribution is 2.23. The largest absolute Gasteiger partial charge is 0.398 e. The Kier molecular flexibility index (Phi) is 5.81. The second-order valence-electron chi connectivity index (χ2n) is 3.91. The van der Waals surface area contributed by atoms with Crippen LogP contribution in [0.1, 0.15) is 20.3 Å². The van der Waals surface area contributed by atoms with Gasteiger partial charge in [0, 0.05) is 16.7 Å². The molecule has 0 fully saturated rings. The lowest BCUT2D eigenvalue weighted by atomic mass is 10.3. The number of amides is 1. The molecule has 0 aliphatic heterocycles. The summed E-state index contributed by atoms with van der Waals surface area (Å²) < 4.78 is 13.1. The Morgan fingerprint density at radius 2 is 2.22 bits per heavy atom. The lowest BCUT2D eigenvalue weighted by Crippen LogP contribution is -2.36. The van der Waals surface area contributed by atoms with Gasteiger partial charge >= 0.3 is 0 Å². The number of rotatable bonds is 5. The van der Waals surface area contributed by atoms with Gasteiger partial charge in [-0.25, -0.2) is 0 Å². The third-order valence-electron chi connectivity index (χ3n) is 2.43. The van der Waals surface area contributed by atoms with E-state index in [1.165, 1.54) is 0 Å². The summed E-state index contributed by atoms with van der Waals surface area (Å²) in [5.74, 6) is -0.211. The molecule has 1 aromatic rings. The van der Waals surface area contributed by atoms with E-state index in [-0.39, 0.29) is 5.91 Å². The minimum Gasteiger partial charge on any atom is -0.398 e. The minimum atomic E-state index is -1.44. The van der Waals surface area contributed by atoms with Gasteiger partial charge in [0.2, 0.25) is 5.91 Å². The van der Waals surface area contributed by atoms with Crippen LogP contribution in [0.3, 0.4) is 0 Å². The molecule has 1 aromatic carbocycles. The highest BCUT2D eigenvalue weighted by molar-refractivity contribution is 9.10. The molecule has 2 unspecified atom stereocenters. The van der Waals surface area contributed by atoms with Crippen LogP contribution >= 0.6 is 15.9 Å². The quantitative estimate of drug-likeness (QED) is 0.810. The smallest absolute Gasteiger partial charge is 0.235 e. The molecule has 4 nitrogen and oxygen atoms in total. The van der Waals surface area contributed by atoms with Crippen LogP contribution in [0.25, 0.3) is 0 Å². The van der Waals surface area contributed by atoms with E-state index in [1.807, 2.05) is 6.92 Å². The van der Waals surface area contributed by atoms with Crippen molar-refractivity contribution < 1.29 is 9.00 Å². The molecule has 0 heterocycles. The monoisotopic (exact) mass is 332 g/mol. The van der Waals surface area contributed by atoms with Crippen molar-refractivity contribution in [2.75, 3.05) is 12.3 Å². The molecule has 6 heteroatoms. The van der Waals surface area contributed by atoms with Gasteiger partial charge in [0.25, 0.3) is 0 Å². The van der Waals surface area contributed by atoms with E-state index in [0.29, 0.717) is 17.1 Å². The van der Waals surface area contributed by atoms with E-state index in [1.54, 1.807) is 25.1 Å². The standard InChI is InChI=1S/C12H17BrN2O2S/c1-3-6-15-12(16)8(2)18(17)11-5-4-9(13)7-10(11)14/h4-5,7-8H,3,6,14H2,1-2H3,(H,15,16). The maximum absolute atomic E-state index is 12.2. The second kappa shape index (κ2) is 6.89. The van der Waals surface area contributed by atoms with E-state index in [0.717, 1.165) is 10.9 Å². The molecule has 2 atom stereocenters. The second-order valence-corrected chi connectivity index (χ2v) is 6.57. The normalized spacial score (nSPS) is 13.9. The highest BCUT2D eigenvalue weighted by Gasteiger charge is 2.22. The molecule has 0 saturated carbocycles. The number of carbonyl (C=O) groups excluding carboxylic acids is 1. The third-order valence-corrected chi connectivity index (χ3v) is 4.58. The Morgan fingerprint density at radius 3 is 2.78 bits per heavy atom. The molecule has 0 bridgehead atoms. The first-order valence-electron chi connectivity index (χ1n) is 5.70. The molecule has 0 radical (unpaired) electrons. The van der Waals surface area contributed by atoms with Crippen LogP contribution in [-0.4, -0.2) is 21.9 Å². The Balaban J connectivity index is 2.83. The van der Waals surface area contributed by atoms with Gasteiger partial charge in [0.05, 0.1) is 15.7 Å². The first kappa shape index (κ1) is 15.2. The van der Waals surface area contributed by atoms with Crippen LogP contribution < -0.4 is 11.1 Å². The van der Waals surface area contributed by atoms with Gasteiger partial charge < -0.3 is 11.1 Å². The van der Waals surface area contributed by atoms with Crippen molar-refractivity contribution in [2.45, 2.75) is 30.4 Å². The van der Waals surface area contributed by atoms with Crippen LogP contribution in [0.5, 0.6) is 0 Å². The van der Waals surface area contributed by atoms with Crippen molar-refractivity contribution in [3.8, 4) is 0 Å². The maximum atomic E-state index is 12.2. The van der Waals surface area contributed by atoms with Crippen LogP contribution in [0.4, 0.5) is 5.69 Å². The Bertz CT molecular complexity index is 465. The molecular weight excluding hydrogens is 316 g/mol. The summed E-state index contributed by atoms with van der Waals surface area (Å²) in [6.45, 7) is 4.20. The average molecular weight is 333 g/mol. The molecule has 0 saturated heterocycles. The SMILES string of the molecule is CCCNC(=O)C(C)S(=O)c1ccc(Br)cc1N. The first-order valence-corrected chi connectivity index (χ1v) is 7.71. The van der Waals surface area contributed by atoms with Gasteiger partial charge in [0.15, 0.2) is 0 Å². The van der Waals surface area contributed by atoms with E-state index < -0.39 is 16.0 Å². The Hall–Kier alpha value is -0.880. The zero-order valence-corrected chi connectivity index (χ0v) is 12.8. The lowest BCUT2D eigenvalue weighted by molar-refractivity contribution is -0.120. The Labute approximate surface area is 118 Å². The molecule has 0 aliphatic carbocycles. The maximum Gasteiger partial charge on any atom is 0.235 e. The van der Waals surface area contributed by atoms with Crippen molar-refractivity contribution >= 4 is 38.3 Å². The van der Waals surface area contributed by atoms with E-state index in [2.05, 4.69) is 21.2 Å². The molecule has 18 heavy (non-hydrogen) atoms. The number of benzene rings is 1. The van der Waals surface area contributed by atoms with Crippen molar-refractivity contribution in [1.29, 1.82) is 0 Å². The van der Waals surface area contributed by atoms with Gasteiger partial charge in [-0.1, -0.05) is 22.9 Å². The number of halogens is 1. The fourth-order valence-electron chi connectivity index (χ4n) is 1.38. The molecule has 3 N–H and O–H groups in total. The van der Waals surface area contributed by atoms with Crippen LogP contribution in [0.15, 0.2) is 27.6 Å². The molecule has 1 amide bonds. The van der Waals surface area contributed by atoms with Crippen LogP contribution in [0.2, 0.25) is 0 Å². The van der Waals surface area contributed by atoms with Gasteiger partial charge in [-0.2, -0.15) is 0 Å². The summed E-state index contributed by atoms with van der Waals surface area (Å²) in [6.07, 6.45) is 0.853. The zero-order valence-electron chi connectivity index (χ0n) is 10.4. The summed E-state index contributed by atoms with van der Waals surface area (Å²) in [5.41, 5.74) is 6.23. The van der Waals surface area contributed by atoms with E-state index >= 15 is 0 Å². The first-order chi connectivity index (χ1) is 8.47. The zero-order chi connectivity index (χ0) is 13.7. The number of hydrogen-bond donors (Lipinski definition) is 2. The Morgan fingerprint density at radius 1 is 1.56 bits per heavy atom.